The maximum Gasteiger partial charge on any atom is 0.309 e. The largest absolute Gasteiger partial charge is 0.504 e. The Bertz CT molecular complexity index is 731. The summed E-state index contributed by atoms with van der Waals surface area (Å²) in [4.78, 5) is 11.2. The molecule has 0 amide bonds. The van der Waals surface area contributed by atoms with Crippen LogP contribution in [0.4, 0.5) is 0 Å². The van der Waals surface area contributed by atoms with Crippen LogP contribution < -0.4 is 0 Å². The van der Waals surface area contributed by atoms with Gasteiger partial charge in [0.05, 0.1) is 5.41 Å². The second-order valence-corrected chi connectivity index (χ2v) is 9.75. The molecule has 162 valence electrons. The minimum absolute atomic E-state index is 0.199. The van der Waals surface area contributed by atoms with Gasteiger partial charge in [0.25, 0.3) is 0 Å². The van der Waals surface area contributed by atoms with Gasteiger partial charge in [0.15, 0.2) is 11.5 Å². The Labute approximate surface area is 173 Å². The van der Waals surface area contributed by atoms with Crippen molar-refractivity contribution in [1.82, 2.24) is 0 Å². The van der Waals surface area contributed by atoms with E-state index in [1.165, 1.54) is 25.7 Å². The van der Waals surface area contributed by atoms with Gasteiger partial charge in [-0.1, -0.05) is 32.6 Å². The maximum absolute atomic E-state index is 11.2. The third-order valence-corrected chi connectivity index (χ3v) is 7.17. The van der Waals surface area contributed by atoms with Gasteiger partial charge in [-0.2, -0.15) is 0 Å². The fraction of sp³-hybridized carbons (Fsp3) is 0.708. The standard InChI is InChI=1S/C24H36O5/c1-23(12-13-23)10-6-2-4-8-17-16-19(25)21(27)20(26)18(17)9-5-3-7-11-24(14-15-24)22(28)29/h16,25-27H,2-15H2,1H3,(H,28,29). The highest BCUT2D eigenvalue weighted by atomic mass is 16.4. The number of aryl methyl sites for hydroxylation is 1. The molecule has 0 aliphatic heterocycles. The number of hydrogen-bond donors (Lipinski definition) is 4. The molecular formula is C24H36O5. The molecule has 2 fully saturated rings. The minimum Gasteiger partial charge on any atom is -0.504 e. The molecule has 29 heavy (non-hydrogen) atoms. The second kappa shape index (κ2) is 8.85. The number of benzene rings is 1. The fourth-order valence-electron chi connectivity index (χ4n) is 4.41. The number of carbonyl (C=O) groups is 1. The summed E-state index contributed by atoms with van der Waals surface area (Å²) in [6.45, 7) is 2.35. The number of unbranched alkanes of at least 4 members (excludes halogenated alkanes) is 4. The van der Waals surface area contributed by atoms with Crippen LogP contribution in [0.2, 0.25) is 0 Å². The zero-order valence-corrected chi connectivity index (χ0v) is 17.7. The first-order valence-corrected chi connectivity index (χ1v) is 11.3. The fourth-order valence-corrected chi connectivity index (χ4v) is 4.41. The van der Waals surface area contributed by atoms with Crippen LogP contribution in [0.1, 0.15) is 95.1 Å². The number of phenols is 3. The van der Waals surface area contributed by atoms with Crippen molar-refractivity contribution in [3.05, 3.63) is 17.2 Å². The van der Waals surface area contributed by atoms with Crippen molar-refractivity contribution in [3.8, 4) is 17.2 Å². The Morgan fingerprint density at radius 2 is 1.48 bits per heavy atom. The average Bonchev–Trinajstić information content (AvgIpc) is 3.59. The molecule has 1 aromatic rings. The lowest BCUT2D eigenvalue weighted by molar-refractivity contribution is -0.143. The number of rotatable bonds is 13. The van der Waals surface area contributed by atoms with Crippen LogP contribution in [-0.2, 0) is 17.6 Å². The van der Waals surface area contributed by atoms with Crippen molar-refractivity contribution < 1.29 is 25.2 Å². The van der Waals surface area contributed by atoms with E-state index in [1.807, 2.05) is 0 Å². The highest BCUT2D eigenvalue weighted by molar-refractivity contribution is 5.77. The molecule has 2 saturated carbocycles. The van der Waals surface area contributed by atoms with E-state index in [2.05, 4.69) is 6.92 Å². The summed E-state index contributed by atoms with van der Waals surface area (Å²) in [7, 11) is 0. The Morgan fingerprint density at radius 1 is 0.862 bits per heavy atom. The maximum atomic E-state index is 11.2. The summed E-state index contributed by atoms with van der Waals surface area (Å²) in [5.74, 6) is -1.57. The van der Waals surface area contributed by atoms with Crippen molar-refractivity contribution in [1.29, 1.82) is 0 Å². The number of phenolic OH excluding ortho intramolecular Hbond substituents is 3. The summed E-state index contributed by atoms with van der Waals surface area (Å²) in [6, 6.07) is 1.59. The summed E-state index contributed by atoms with van der Waals surface area (Å²) in [6.07, 6.45) is 13.7. The molecule has 2 aliphatic rings. The van der Waals surface area contributed by atoms with Crippen LogP contribution >= 0.6 is 0 Å². The lowest BCUT2D eigenvalue weighted by Crippen LogP contribution is -2.14. The highest BCUT2D eigenvalue weighted by Crippen LogP contribution is 2.50. The first-order valence-electron chi connectivity index (χ1n) is 11.3. The van der Waals surface area contributed by atoms with Gasteiger partial charge in [-0.25, -0.2) is 0 Å². The van der Waals surface area contributed by atoms with Gasteiger partial charge < -0.3 is 20.4 Å². The average molecular weight is 405 g/mol. The predicted octanol–water partition coefficient (Wildman–Crippen LogP) is 5.67. The number of aliphatic carboxylic acids is 1. The molecule has 0 spiro atoms. The Hall–Kier alpha value is -1.91. The van der Waals surface area contributed by atoms with E-state index >= 15 is 0 Å². The molecule has 0 bridgehead atoms. The molecule has 0 unspecified atom stereocenters. The van der Waals surface area contributed by atoms with Crippen LogP contribution in [0.3, 0.4) is 0 Å². The number of aromatic hydroxyl groups is 3. The zero-order valence-electron chi connectivity index (χ0n) is 17.7. The second-order valence-electron chi connectivity index (χ2n) is 9.75. The SMILES string of the molecule is CC1(CCCCCc2cc(O)c(O)c(O)c2CCCCCC2(C(=O)O)CC2)CC1. The molecule has 1 aromatic carbocycles. The van der Waals surface area contributed by atoms with E-state index < -0.39 is 17.1 Å². The molecule has 0 saturated heterocycles. The van der Waals surface area contributed by atoms with E-state index in [4.69, 9.17) is 0 Å². The third-order valence-electron chi connectivity index (χ3n) is 7.17. The van der Waals surface area contributed by atoms with Crippen molar-refractivity contribution in [2.45, 2.75) is 96.8 Å². The topological polar surface area (TPSA) is 98.0 Å². The number of carboxylic acid groups (broad SMARTS) is 1. The minimum atomic E-state index is -0.670. The lowest BCUT2D eigenvalue weighted by atomic mass is 9.93. The van der Waals surface area contributed by atoms with Crippen LogP contribution in [0, 0.1) is 10.8 Å². The van der Waals surface area contributed by atoms with Gasteiger partial charge in [-0.3, -0.25) is 4.79 Å². The van der Waals surface area contributed by atoms with Gasteiger partial charge >= 0.3 is 5.97 Å². The van der Waals surface area contributed by atoms with Crippen LogP contribution in [0.25, 0.3) is 0 Å². The molecule has 2 aliphatic carbocycles. The predicted molar refractivity (Wildman–Crippen MR) is 112 cm³/mol. The van der Waals surface area contributed by atoms with Crippen molar-refractivity contribution in [2.75, 3.05) is 0 Å². The Morgan fingerprint density at radius 3 is 2.07 bits per heavy atom. The van der Waals surface area contributed by atoms with E-state index in [0.29, 0.717) is 11.8 Å². The van der Waals surface area contributed by atoms with Crippen molar-refractivity contribution in [2.24, 2.45) is 10.8 Å². The van der Waals surface area contributed by atoms with E-state index in [-0.39, 0.29) is 11.5 Å². The first kappa shape index (κ1) is 21.8. The molecular weight excluding hydrogens is 368 g/mol. The Balaban J connectivity index is 1.48. The van der Waals surface area contributed by atoms with Gasteiger partial charge in [0.1, 0.15) is 0 Å². The van der Waals surface area contributed by atoms with Crippen LogP contribution in [0.5, 0.6) is 17.2 Å². The normalized spacial score (nSPS) is 18.5. The van der Waals surface area contributed by atoms with Gasteiger partial charge in [-0.05, 0) is 81.3 Å². The summed E-state index contributed by atoms with van der Waals surface area (Å²) in [5, 5.41) is 39.5. The van der Waals surface area contributed by atoms with Gasteiger partial charge in [-0.15, -0.1) is 0 Å². The molecule has 5 nitrogen and oxygen atoms in total. The smallest absolute Gasteiger partial charge is 0.309 e. The van der Waals surface area contributed by atoms with E-state index in [1.54, 1.807) is 6.07 Å². The number of carboxylic acids is 1. The monoisotopic (exact) mass is 404 g/mol. The quantitative estimate of drug-likeness (QED) is 0.251. The Kier molecular flexibility index (Phi) is 6.65. The summed E-state index contributed by atoms with van der Waals surface area (Å²) in [5.41, 5.74) is 1.76. The highest BCUT2D eigenvalue weighted by Gasteiger charge is 2.49. The van der Waals surface area contributed by atoms with Crippen LogP contribution in [0.15, 0.2) is 6.07 Å². The summed E-state index contributed by atoms with van der Waals surface area (Å²) >= 11 is 0. The van der Waals surface area contributed by atoms with Crippen molar-refractivity contribution in [3.63, 3.8) is 0 Å². The molecule has 0 radical (unpaired) electrons. The lowest BCUT2D eigenvalue weighted by Gasteiger charge is -2.15. The molecule has 0 atom stereocenters. The molecule has 0 heterocycles. The zero-order chi connectivity index (χ0) is 21.1. The third kappa shape index (κ3) is 5.58. The van der Waals surface area contributed by atoms with Crippen LogP contribution in [-0.4, -0.2) is 26.4 Å². The van der Waals surface area contributed by atoms with E-state index in [9.17, 15) is 25.2 Å². The molecule has 5 heteroatoms. The van der Waals surface area contributed by atoms with Crippen molar-refractivity contribution >= 4 is 5.97 Å². The van der Waals surface area contributed by atoms with Gasteiger partial charge in [0, 0.05) is 5.56 Å². The summed E-state index contributed by atoms with van der Waals surface area (Å²) < 4.78 is 0. The molecule has 3 rings (SSSR count). The first-order chi connectivity index (χ1) is 13.8. The molecule has 4 N–H and O–H groups in total. The number of hydrogen-bond acceptors (Lipinski definition) is 4. The van der Waals surface area contributed by atoms with E-state index in [0.717, 1.165) is 68.9 Å². The van der Waals surface area contributed by atoms with Gasteiger partial charge in [0.2, 0.25) is 5.75 Å². The molecule has 0 aromatic heterocycles.